The Hall–Kier alpha value is -3.57. The third kappa shape index (κ3) is 5.18. The van der Waals surface area contributed by atoms with Crippen molar-refractivity contribution in [2.75, 3.05) is 32.6 Å². The van der Waals surface area contributed by atoms with E-state index in [1.807, 2.05) is 6.07 Å². The highest BCUT2D eigenvalue weighted by molar-refractivity contribution is 6.31. The molecule has 0 spiro atoms. The zero-order valence-corrected chi connectivity index (χ0v) is 18.5. The molecule has 1 saturated heterocycles. The summed E-state index contributed by atoms with van der Waals surface area (Å²) in [4.78, 5) is 40.9. The number of anilines is 1. The molecule has 0 aliphatic carbocycles. The Labute approximate surface area is 191 Å². The number of nitrogens with zero attached hydrogens (tertiary/aromatic N) is 3. The van der Waals surface area contributed by atoms with Crippen LogP contribution < -0.4 is 10.1 Å². The minimum Gasteiger partial charge on any atom is -0.496 e. The number of halogens is 1. The van der Waals surface area contributed by atoms with E-state index in [-0.39, 0.29) is 31.0 Å². The maximum atomic E-state index is 12.9. The molecule has 1 N–H and O–H groups in total. The number of ether oxygens (including phenoxy) is 1. The van der Waals surface area contributed by atoms with E-state index in [0.29, 0.717) is 16.5 Å². The van der Waals surface area contributed by atoms with Crippen LogP contribution in [0.3, 0.4) is 0 Å². The molecule has 0 aromatic heterocycles. The number of carbonyl (C=O) groups is 3. The van der Waals surface area contributed by atoms with Gasteiger partial charge in [-0.25, -0.2) is 0 Å². The van der Waals surface area contributed by atoms with Crippen molar-refractivity contribution < 1.29 is 19.1 Å². The molecule has 32 heavy (non-hydrogen) atoms. The Morgan fingerprint density at radius 2 is 1.97 bits per heavy atom. The van der Waals surface area contributed by atoms with Gasteiger partial charge >= 0.3 is 0 Å². The van der Waals surface area contributed by atoms with E-state index in [9.17, 15) is 19.6 Å². The minimum atomic E-state index is -0.738. The zero-order valence-electron chi connectivity index (χ0n) is 17.7. The molecular weight excluding hydrogens is 432 g/mol. The van der Waals surface area contributed by atoms with Crippen molar-refractivity contribution in [1.29, 1.82) is 5.26 Å². The molecule has 1 heterocycles. The smallest absolute Gasteiger partial charge is 0.257 e. The first-order valence-corrected chi connectivity index (χ1v) is 10.4. The van der Waals surface area contributed by atoms with E-state index < -0.39 is 23.8 Å². The summed E-state index contributed by atoms with van der Waals surface area (Å²) in [6.45, 7) is -0.141. The SMILES string of the molecule is COc1ccc(Cl)cc1C(=O)N(C)CC(=O)N1CC(C(=O)Nc2ccccc2)CC1C#N. The van der Waals surface area contributed by atoms with Crippen molar-refractivity contribution in [1.82, 2.24) is 9.80 Å². The van der Waals surface area contributed by atoms with Crippen molar-refractivity contribution in [3.63, 3.8) is 0 Å². The Bertz CT molecular complexity index is 1050. The van der Waals surface area contributed by atoms with Gasteiger partial charge in [-0.05, 0) is 36.8 Å². The van der Waals surface area contributed by atoms with Crippen molar-refractivity contribution in [3.05, 3.63) is 59.1 Å². The summed E-state index contributed by atoms with van der Waals surface area (Å²) in [5.74, 6) is -1.28. The number of methoxy groups -OCH3 is 1. The van der Waals surface area contributed by atoms with Crippen LogP contribution in [0.25, 0.3) is 0 Å². The number of hydrogen-bond acceptors (Lipinski definition) is 5. The zero-order chi connectivity index (χ0) is 23.3. The lowest BCUT2D eigenvalue weighted by atomic mass is 10.1. The van der Waals surface area contributed by atoms with E-state index in [1.54, 1.807) is 36.4 Å². The first-order valence-electron chi connectivity index (χ1n) is 9.98. The average molecular weight is 455 g/mol. The lowest BCUT2D eigenvalue weighted by molar-refractivity contribution is -0.131. The molecular formula is C23H23ClN4O4. The topological polar surface area (TPSA) is 103 Å². The molecule has 0 bridgehead atoms. The molecule has 166 valence electrons. The van der Waals surface area contributed by atoms with Crippen LogP contribution in [0.5, 0.6) is 5.75 Å². The number of amides is 3. The lowest BCUT2D eigenvalue weighted by Crippen LogP contribution is -2.43. The van der Waals surface area contributed by atoms with Gasteiger partial charge in [0.2, 0.25) is 11.8 Å². The predicted molar refractivity (Wildman–Crippen MR) is 119 cm³/mol. The van der Waals surface area contributed by atoms with Gasteiger partial charge in [0.05, 0.1) is 31.2 Å². The van der Waals surface area contributed by atoms with Crippen LogP contribution in [-0.2, 0) is 9.59 Å². The van der Waals surface area contributed by atoms with Crippen molar-refractivity contribution >= 4 is 35.0 Å². The molecule has 0 saturated carbocycles. The van der Waals surface area contributed by atoms with Gasteiger partial charge in [-0.1, -0.05) is 29.8 Å². The number of nitriles is 1. The minimum absolute atomic E-state index is 0.109. The van der Waals surface area contributed by atoms with Gasteiger partial charge in [0, 0.05) is 24.3 Å². The maximum absolute atomic E-state index is 12.9. The first kappa shape index (κ1) is 23.1. The summed E-state index contributed by atoms with van der Waals surface area (Å²) in [6, 6.07) is 15.0. The van der Waals surface area contributed by atoms with E-state index in [0.717, 1.165) is 0 Å². The van der Waals surface area contributed by atoms with Gasteiger partial charge in [0.15, 0.2) is 0 Å². The number of likely N-dealkylation sites (N-methyl/N-ethyl adjacent to an activating group) is 1. The Morgan fingerprint density at radius 1 is 1.25 bits per heavy atom. The monoisotopic (exact) mass is 454 g/mol. The highest BCUT2D eigenvalue weighted by Crippen LogP contribution is 2.26. The van der Waals surface area contributed by atoms with E-state index in [2.05, 4.69) is 11.4 Å². The number of carbonyl (C=O) groups excluding carboxylic acids is 3. The van der Waals surface area contributed by atoms with Gasteiger partial charge in [0.1, 0.15) is 11.8 Å². The molecule has 2 atom stereocenters. The van der Waals surface area contributed by atoms with Gasteiger partial charge in [-0.15, -0.1) is 0 Å². The molecule has 2 unspecified atom stereocenters. The highest BCUT2D eigenvalue weighted by Gasteiger charge is 2.39. The van der Waals surface area contributed by atoms with Crippen molar-refractivity contribution in [3.8, 4) is 11.8 Å². The second-order valence-electron chi connectivity index (χ2n) is 7.48. The van der Waals surface area contributed by atoms with E-state index in [4.69, 9.17) is 16.3 Å². The van der Waals surface area contributed by atoms with Gasteiger partial charge in [-0.2, -0.15) is 5.26 Å². The standard InChI is InChI=1S/C23H23ClN4O4/c1-27(23(31)19-11-16(24)8-9-20(19)32-2)14-21(29)28-13-15(10-18(28)12-25)22(30)26-17-6-4-3-5-7-17/h3-9,11,15,18H,10,13-14H2,1-2H3,(H,26,30). The van der Waals surface area contributed by atoms with E-state index in [1.165, 1.54) is 30.0 Å². The molecule has 2 aromatic rings. The molecule has 1 aliphatic heterocycles. The number of hydrogen-bond donors (Lipinski definition) is 1. The number of benzene rings is 2. The summed E-state index contributed by atoms with van der Waals surface area (Å²) in [7, 11) is 2.92. The summed E-state index contributed by atoms with van der Waals surface area (Å²) in [5, 5.41) is 12.7. The third-order valence-electron chi connectivity index (χ3n) is 5.29. The van der Waals surface area contributed by atoms with Crippen LogP contribution in [-0.4, -0.2) is 60.8 Å². The Morgan fingerprint density at radius 3 is 2.62 bits per heavy atom. The maximum Gasteiger partial charge on any atom is 0.257 e. The predicted octanol–water partition coefficient (Wildman–Crippen LogP) is 2.80. The quantitative estimate of drug-likeness (QED) is 0.723. The van der Waals surface area contributed by atoms with Crippen LogP contribution in [0, 0.1) is 17.2 Å². The van der Waals surface area contributed by atoms with Crippen LogP contribution in [0.2, 0.25) is 5.02 Å². The molecule has 0 radical (unpaired) electrons. The number of nitrogens with one attached hydrogen (secondary N) is 1. The van der Waals surface area contributed by atoms with Crippen molar-refractivity contribution in [2.45, 2.75) is 12.5 Å². The Kier molecular flexibility index (Phi) is 7.33. The highest BCUT2D eigenvalue weighted by atomic mass is 35.5. The second-order valence-corrected chi connectivity index (χ2v) is 7.92. The molecule has 9 heteroatoms. The van der Waals surface area contributed by atoms with Crippen LogP contribution in [0.4, 0.5) is 5.69 Å². The normalized spacial score (nSPS) is 17.4. The molecule has 1 aliphatic rings. The largest absolute Gasteiger partial charge is 0.496 e. The van der Waals surface area contributed by atoms with Crippen LogP contribution in [0.1, 0.15) is 16.8 Å². The molecule has 1 fully saturated rings. The summed E-state index contributed by atoms with van der Waals surface area (Å²) >= 11 is 6.00. The third-order valence-corrected chi connectivity index (χ3v) is 5.53. The summed E-state index contributed by atoms with van der Waals surface area (Å²) < 4.78 is 5.21. The van der Waals surface area contributed by atoms with Gasteiger partial charge in [-0.3, -0.25) is 14.4 Å². The van der Waals surface area contributed by atoms with Gasteiger partial charge < -0.3 is 19.9 Å². The fourth-order valence-corrected chi connectivity index (χ4v) is 3.78. The van der Waals surface area contributed by atoms with Crippen molar-refractivity contribution in [2.24, 2.45) is 5.92 Å². The second kappa shape index (κ2) is 10.2. The fourth-order valence-electron chi connectivity index (χ4n) is 3.61. The molecule has 3 amide bonds. The number of para-hydroxylation sites is 1. The summed E-state index contributed by atoms with van der Waals surface area (Å²) in [6.07, 6.45) is 0.237. The fraction of sp³-hybridized carbons (Fsp3) is 0.304. The molecule has 2 aromatic carbocycles. The van der Waals surface area contributed by atoms with E-state index >= 15 is 0 Å². The van der Waals surface area contributed by atoms with Gasteiger partial charge in [0.25, 0.3) is 5.91 Å². The van der Waals surface area contributed by atoms with Crippen LogP contribution >= 0.6 is 11.6 Å². The van der Waals surface area contributed by atoms with Crippen LogP contribution in [0.15, 0.2) is 48.5 Å². The number of likely N-dealkylation sites (tertiary alicyclic amines) is 1. The Balaban J connectivity index is 1.66. The number of rotatable bonds is 6. The first-order chi connectivity index (χ1) is 15.3. The average Bonchev–Trinajstić information content (AvgIpc) is 3.24. The summed E-state index contributed by atoms with van der Waals surface area (Å²) in [5.41, 5.74) is 0.880. The molecule has 8 nitrogen and oxygen atoms in total. The lowest BCUT2D eigenvalue weighted by Gasteiger charge is -2.24. The molecule has 3 rings (SSSR count).